The van der Waals surface area contributed by atoms with Crippen molar-refractivity contribution in [2.24, 2.45) is 0 Å². The standard InChI is InChI=1S/C16H22ClN3O/c1-21-10-3-2-8-20-9-4-5-15(20)16-18-13-7-6-12(17)11-14(13)19-16/h6-7,11,15H,2-5,8-10H2,1H3,(H,18,19)/t15-/m1/s1. The van der Waals surface area contributed by atoms with Gasteiger partial charge in [-0.3, -0.25) is 4.90 Å². The first-order valence-electron chi connectivity index (χ1n) is 7.66. The van der Waals surface area contributed by atoms with E-state index in [1.807, 2.05) is 18.2 Å². The number of likely N-dealkylation sites (tertiary alicyclic amines) is 1. The number of fused-ring (bicyclic) bond motifs is 1. The van der Waals surface area contributed by atoms with E-state index in [1.165, 1.54) is 19.3 Å². The molecule has 0 spiro atoms. The Morgan fingerprint density at radius 3 is 3.19 bits per heavy atom. The van der Waals surface area contributed by atoms with Gasteiger partial charge in [0.15, 0.2) is 0 Å². The van der Waals surface area contributed by atoms with Crippen LogP contribution in [0.2, 0.25) is 5.02 Å². The van der Waals surface area contributed by atoms with E-state index in [2.05, 4.69) is 9.88 Å². The maximum absolute atomic E-state index is 6.04. The highest BCUT2D eigenvalue weighted by Crippen LogP contribution is 2.31. The molecule has 1 aromatic carbocycles. The Kier molecular flexibility index (Phi) is 4.78. The quantitative estimate of drug-likeness (QED) is 0.826. The number of hydrogen-bond donors (Lipinski definition) is 1. The second-order valence-corrected chi connectivity index (χ2v) is 6.11. The zero-order valence-corrected chi connectivity index (χ0v) is 13.2. The van der Waals surface area contributed by atoms with Gasteiger partial charge < -0.3 is 9.72 Å². The number of rotatable bonds is 6. The molecule has 0 aliphatic carbocycles. The van der Waals surface area contributed by atoms with Crippen molar-refractivity contribution >= 4 is 22.6 Å². The highest BCUT2D eigenvalue weighted by molar-refractivity contribution is 6.31. The third-order valence-corrected chi connectivity index (χ3v) is 4.42. The number of methoxy groups -OCH3 is 1. The predicted octanol–water partition coefficient (Wildman–Crippen LogP) is 3.78. The topological polar surface area (TPSA) is 41.1 Å². The molecule has 21 heavy (non-hydrogen) atoms. The number of ether oxygens (including phenoxy) is 1. The molecule has 2 heterocycles. The molecular weight excluding hydrogens is 286 g/mol. The molecule has 1 aromatic heterocycles. The summed E-state index contributed by atoms with van der Waals surface area (Å²) in [5.74, 6) is 1.08. The first-order chi connectivity index (χ1) is 10.3. The van der Waals surface area contributed by atoms with Crippen LogP contribution in [0.25, 0.3) is 11.0 Å². The van der Waals surface area contributed by atoms with Crippen molar-refractivity contribution in [3.63, 3.8) is 0 Å². The zero-order valence-electron chi connectivity index (χ0n) is 12.4. The van der Waals surface area contributed by atoms with E-state index in [9.17, 15) is 0 Å². The van der Waals surface area contributed by atoms with Gasteiger partial charge in [-0.1, -0.05) is 11.6 Å². The van der Waals surface area contributed by atoms with Crippen molar-refractivity contribution < 1.29 is 4.74 Å². The van der Waals surface area contributed by atoms with Gasteiger partial charge in [-0.25, -0.2) is 4.98 Å². The summed E-state index contributed by atoms with van der Waals surface area (Å²) in [6.07, 6.45) is 4.72. The van der Waals surface area contributed by atoms with Gasteiger partial charge in [0.1, 0.15) is 5.82 Å². The van der Waals surface area contributed by atoms with E-state index in [1.54, 1.807) is 7.11 Å². The van der Waals surface area contributed by atoms with Crippen LogP contribution in [-0.2, 0) is 4.74 Å². The highest BCUT2D eigenvalue weighted by atomic mass is 35.5. The lowest BCUT2D eigenvalue weighted by Crippen LogP contribution is -2.25. The van der Waals surface area contributed by atoms with Crippen LogP contribution in [0.5, 0.6) is 0 Å². The van der Waals surface area contributed by atoms with Gasteiger partial charge in [0.05, 0.1) is 17.1 Å². The third-order valence-electron chi connectivity index (χ3n) is 4.19. The molecule has 2 aromatic rings. The summed E-state index contributed by atoms with van der Waals surface area (Å²) in [7, 11) is 1.76. The zero-order chi connectivity index (χ0) is 14.7. The Morgan fingerprint density at radius 2 is 2.33 bits per heavy atom. The van der Waals surface area contributed by atoms with Gasteiger partial charge in [0.2, 0.25) is 0 Å². The summed E-state index contributed by atoms with van der Waals surface area (Å²) >= 11 is 6.04. The largest absolute Gasteiger partial charge is 0.385 e. The van der Waals surface area contributed by atoms with Crippen molar-refractivity contribution in [3.8, 4) is 0 Å². The molecule has 0 amide bonds. The first-order valence-corrected chi connectivity index (χ1v) is 8.04. The Bertz CT molecular complexity index is 598. The van der Waals surface area contributed by atoms with Crippen LogP contribution < -0.4 is 0 Å². The van der Waals surface area contributed by atoms with Crippen molar-refractivity contribution in [3.05, 3.63) is 29.0 Å². The monoisotopic (exact) mass is 307 g/mol. The number of aromatic nitrogens is 2. The summed E-state index contributed by atoms with van der Waals surface area (Å²) in [4.78, 5) is 10.7. The van der Waals surface area contributed by atoms with Gasteiger partial charge in [-0.2, -0.15) is 0 Å². The van der Waals surface area contributed by atoms with E-state index in [-0.39, 0.29) is 0 Å². The molecule has 114 valence electrons. The van der Waals surface area contributed by atoms with E-state index in [0.29, 0.717) is 6.04 Å². The van der Waals surface area contributed by atoms with Crippen molar-refractivity contribution in [2.45, 2.75) is 31.7 Å². The molecule has 0 unspecified atom stereocenters. The van der Waals surface area contributed by atoms with Crippen LogP contribution in [0.15, 0.2) is 18.2 Å². The molecule has 1 N–H and O–H groups in total. The second kappa shape index (κ2) is 6.77. The minimum Gasteiger partial charge on any atom is -0.385 e. The average molecular weight is 308 g/mol. The molecule has 1 aliphatic rings. The minimum absolute atomic E-state index is 0.415. The molecule has 0 radical (unpaired) electrons. The number of hydrogen-bond acceptors (Lipinski definition) is 3. The maximum Gasteiger partial charge on any atom is 0.124 e. The van der Waals surface area contributed by atoms with E-state index >= 15 is 0 Å². The Labute approximate surface area is 130 Å². The van der Waals surface area contributed by atoms with Crippen LogP contribution in [0.4, 0.5) is 0 Å². The lowest BCUT2D eigenvalue weighted by atomic mass is 10.2. The Morgan fingerprint density at radius 1 is 1.43 bits per heavy atom. The smallest absolute Gasteiger partial charge is 0.124 e. The molecule has 0 bridgehead atoms. The fraction of sp³-hybridized carbons (Fsp3) is 0.562. The number of aromatic amines is 1. The molecule has 1 fully saturated rings. The average Bonchev–Trinajstić information content (AvgIpc) is 3.08. The molecule has 1 atom stereocenters. The summed E-state index contributed by atoms with van der Waals surface area (Å²) in [6, 6.07) is 6.24. The van der Waals surface area contributed by atoms with Crippen molar-refractivity contribution in [1.82, 2.24) is 14.9 Å². The lowest BCUT2D eigenvalue weighted by Gasteiger charge is -2.22. The molecule has 0 saturated carbocycles. The molecule has 5 heteroatoms. The molecular formula is C16H22ClN3O. The van der Waals surface area contributed by atoms with Gasteiger partial charge >= 0.3 is 0 Å². The summed E-state index contributed by atoms with van der Waals surface area (Å²) in [6.45, 7) is 3.13. The second-order valence-electron chi connectivity index (χ2n) is 5.68. The number of nitrogens with one attached hydrogen (secondary N) is 1. The summed E-state index contributed by atoms with van der Waals surface area (Å²) in [5.41, 5.74) is 2.03. The first kappa shape index (κ1) is 14.8. The molecule has 1 saturated heterocycles. The van der Waals surface area contributed by atoms with Gasteiger partial charge in [0.25, 0.3) is 0 Å². The van der Waals surface area contributed by atoms with E-state index in [0.717, 1.165) is 48.0 Å². The minimum atomic E-state index is 0.415. The van der Waals surface area contributed by atoms with Crippen molar-refractivity contribution in [2.75, 3.05) is 26.8 Å². The number of nitrogens with zero attached hydrogens (tertiary/aromatic N) is 2. The maximum atomic E-state index is 6.04. The van der Waals surface area contributed by atoms with Crippen LogP contribution in [0.3, 0.4) is 0 Å². The van der Waals surface area contributed by atoms with E-state index in [4.69, 9.17) is 21.3 Å². The Hall–Kier alpha value is -1.10. The highest BCUT2D eigenvalue weighted by Gasteiger charge is 2.27. The summed E-state index contributed by atoms with van der Waals surface area (Å²) < 4.78 is 5.12. The molecule has 4 nitrogen and oxygen atoms in total. The van der Waals surface area contributed by atoms with E-state index < -0.39 is 0 Å². The third kappa shape index (κ3) is 3.39. The van der Waals surface area contributed by atoms with Crippen LogP contribution in [0.1, 0.15) is 37.5 Å². The number of unbranched alkanes of at least 4 members (excludes halogenated alkanes) is 1. The van der Waals surface area contributed by atoms with Crippen LogP contribution in [-0.4, -0.2) is 41.7 Å². The summed E-state index contributed by atoms with van der Waals surface area (Å²) in [5, 5.41) is 0.751. The molecule has 1 aliphatic heterocycles. The normalized spacial score (nSPS) is 19.6. The lowest BCUT2D eigenvalue weighted by molar-refractivity contribution is 0.180. The van der Waals surface area contributed by atoms with Gasteiger partial charge in [0, 0.05) is 18.7 Å². The number of imidazole rings is 1. The van der Waals surface area contributed by atoms with Crippen LogP contribution in [0, 0.1) is 0 Å². The molecule has 3 rings (SSSR count). The Balaban J connectivity index is 1.70. The van der Waals surface area contributed by atoms with Crippen LogP contribution >= 0.6 is 11.6 Å². The van der Waals surface area contributed by atoms with Crippen molar-refractivity contribution in [1.29, 1.82) is 0 Å². The van der Waals surface area contributed by atoms with Gasteiger partial charge in [-0.15, -0.1) is 0 Å². The number of benzene rings is 1. The fourth-order valence-electron chi connectivity index (χ4n) is 3.12. The number of halogens is 1. The predicted molar refractivity (Wildman–Crippen MR) is 85.8 cm³/mol. The number of H-pyrrole nitrogens is 1. The fourth-order valence-corrected chi connectivity index (χ4v) is 3.30. The SMILES string of the molecule is COCCCCN1CCC[C@@H]1c1nc2ccc(Cl)cc2[nH]1. The van der Waals surface area contributed by atoms with Gasteiger partial charge in [-0.05, 0) is 57.0 Å².